The number of hydrogen-bond donors (Lipinski definition) is 0. The Morgan fingerprint density at radius 2 is 1.05 bits per heavy atom. The van der Waals surface area contributed by atoms with Gasteiger partial charge < -0.3 is 9.80 Å². The Morgan fingerprint density at radius 3 is 1.41 bits per heavy atom. The first-order valence-electron chi connectivity index (χ1n) is 9.36. The number of rotatable bonds is 14. The minimum atomic E-state index is 0. The van der Waals surface area contributed by atoms with Crippen LogP contribution in [0, 0.1) is 0 Å². The average Bonchev–Trinajstić information content (AvgIpc) is 2.49. The van der Waals surface area contributed by atoms with Crippen LogP contribution in [0.25, 0.3) is 0 Å². The van der Waals surface area contributed by atoms with Crippen molar-refractivity contribution in [1.29, 1.82) is 0 Å². The summed E-state index contributed by atoms with van der Waals surface area (Å²) in [7, 11) is 0. The fraction of sp³-hybridized carbons (Fsp3) is 0.895. The molecule has 0 aromatic carbocycles. The highest BCUT2D eigenvalue weighted by Gasteiger charge is 2.07. The molecule has 0 spiro atoms. The normalized spacial score (nSPS) is 11.2. The Morgan fingerprint density at radius 1 is 0.682 bits per heavy atom. The van der Waals surface area contributed by atoms with Gasteiger partial charge in [0.1, 0.15) is 0 Å². The third-order valence-corrected chi connectivity index (χ3v) is 4.03. The maximum atomic E-state index is 2.60. The van der Waals surface area contributed by atoms with Gasteiger partial charge >= 0.3 is 0 Å². The summed E-state index contributed by atoms with van der Waals surface area (Å²) in [6.45, 7) is 16.3. The van der Waals surface area contributed by atoms with Gasteiger partial charge in [0.05, 0.1) is 0 Å². The molecule has 0 aliphatic rings. The highest BCUT2D eigenvalue weighted by atomic mass is 28.1. The van der Waals surface area contributed by atoms with Crippen LogP contribution in [0.4, 0.5) is 0 Å². The van der Waals surface area contributed by atoms with E-state index in [1.165, 1.54) is 83.2 Å². The lowest BCUT2D eigenvalue weighted by molar-refractivity contribution is 0.304. The zero-order chi connectivity index (χ0) is 15.9. The third kappa shape index (κ3) is 12.1. The summed E-state index contributed by atoms with van der Waals surface area (Å²) in [5.74, 6) is 0. The van der Waals surface area contributed by atoms with Gasteiger partial charge in [-0.2, -0.15) is 0 Å². The van der Waals surface area contributed by atoms with Crippen molar-refractivity contribution in [2.24, 2.45) is 0 Å². The van der Waals surface area contributed by atoms with Gasteiger partial charge in [0.25, 0.3) is 0 Å². The number of allylic oxidation sites excluding steroid dienone is 1. The van der Waals surface area contributed by atoms with Crippen molar-refractivity contribution in [3.05, 3.63) is 11.9 Å². The van der Waals surface area contributed by atoms with Crippen LogP contribution >= 0.6 is 0 Å². The van der Waals surface area contributed by atoms with Crippen molar-refractivity contribution in [2.45, 2.75) is 86.0 Å². The fourth-order valence-corrected chi connectivity index (χ4v) is 2.47. The molecule has 3 heteroatoms. The molecule has 0 N–H and O–H groups in total. The highest BCUT2D eigenvalue weighted by Crippen LogP contribution is 2.11. The Labute approximate surface area is 145 Å². The summed E-state index contributed by atoms with van der Waals surface area (Å²) in [5, 5.41) is 0. The molecule has 0 aliphatic carbocycles. The second-order valence-electron chi connectivity index (χ2n) is 6.21. The van der Waals surface area contributed by atoms with Crippen molar-refractivity contribution >= 4 is 11.0 Å². The lowest BCUT2D eigenvalue weighted by Crippen LogP contribution is -2.28. The highest BCUT2D eigenvalue weighted by molar-refractivity contribution is 5.75. The van der Waals surface area contributed by atoms with Crippen molar-refractivity contribution in [1.82, 2.24) is 9.80 Å². The first kappa shape index (κ1) is 23.8. The average molecular weight is 329 g/mol. The largest absolute Gasteiger partial charge is 0.376 e. The number of hydrogen-bond acceptors (Lipinski definition) is 2. The van der Waals surface area contributed by atoms with Crippen LogP contribution in [-0.2, 0) is 0 Å². The van der Waals surface area contributed by atoms with Crippen LogP contribution in [0.1, 0.15) is 86.0 Å². The number of nitrogens with zero attached hydrogens (tertiary/aromatic N) is 2. The van der Waals surface area contributed by atoms with E-state index < -0.39 is 0 Å². The smallest absolute Gasteiger partial charge is 0.0262 e. The maximum absolute atomic E-state index is 2.60. The summed E-state index contributed by atoms with van der Waals surface area (Å²) >= 11 is 0. The van der Waals surface area contributed by atoms with E-state index in [4.69, 9.17) is 0 Å². The van der Waals surface area contributed by atoms with E-state index in [1.807, 2.05) is 0 Å². The molecule has 0 saturated heterocycles. The molecule has 0 atom stereocenters. The molecule has 2 nitrogen and oxygen atoms in total. The van der Waals surface area contributed by atoms with Gasteiger partial charge in [-0.1, -0.05) is 53.4 Å². The van der Waals surface area contributed by atoms with E-state index in [0.29, 0.717) is 0 Å². The molecule has 0 aromatic rings. The summed E-state index contributed by atoms with van der Waals surface area (Å²) in [6, 6.07) is 0. The zero-order valence-corrected chi connectivity index (χ0v) is 15.5. The Kier molecular flexibility index (Phi) is 18.3. The SMILES string of the molecule is CCCCN(C=C(C)N(CCCC)CCCC)CCCC.[SiH4]. The zero-order valence-electron chi connectivity index (χ0n) is 15.5. The Bertz CT molecular complexity index is 238. The molecule has 0 unspecified atom stereocenters. The first-order valence-corrected chi connectivity index (χ1v) is 9.36. The lowest BCUT2D eigenvalue weighted by atomic mass is 10.2. The summed E-state index contributed by atoms with van der Waals surface area (Å²) in [4.78, 5) is 5.14. The summed E-state index contributed by atoms with van der Waals surface area (Å²) in [5.41, 5.74) is 1.46. The van der Waals surface area contributed by atoms with Gasteiger partial charge in [0.2, 0.25) is 0 Å². The molecular formula is C19H44N2Si. The predicted octanol–water partition coefficient (Wildman–Crippen LogP) is 4.20. The topological polar surface area (TPSA) is 6.48 Å². The quantitative estimate of drug-likeness (QED) is 0.441. The molecule has 0 radical (unpaired) electrons. The molecule has 0 saturated carbocycles. The van der Waals surface area contributed by atoms with Gasteiger partial charge in [0.15, 0.2) is 0 Å². The molecular weight excluding hydrogens is 284 g/mol. The van der Waals surface area contributed by atoms with Crippen molar-refractivity contribution in [3.63, 3.8) is 0 Å². The van der Waals surface area contributed by atoms with Crippen LogP contribution in [0.3, 0.4) is 0 Å². The van der Waals surface area contributed by atoms with Gasteiger partial charge in [-0.25, -0.2) is 0 Å². The molecule has 22 heavy (non-hydrogen) atoms. The predicted molar refractivity (Wildman–Crippen MR) is 108 cm³/mol. The van der Waals surface area contributed by atoms with E-state index >= 15 is 0 Å². The molecule has 0 fully saturated rings. The van der Waals surface area contributed by atoms with Gasteiger partial charge in [-0.05, 0) is 43.6 Å². The molecule has 0 rings (SSSR count). The third-order valence-electron chi connectivity index (χ3n) is 4.03. The van der Waals surface area contributed by atoms with Crippen molar-refractivity contribution in [2.75, 3.05) is 26.2 Å². The fourth-order valence-electron chi connectivity index (χ4n) is 2.47. The minimum Gasteiger partial charge on any atom is -0.376 e. The molecule has 134 valence electrons. The monoisotopic (exact) mass is 328 g/mol. The van der Waals surface area contributed by atoms with E-state index in [9.17, 15) is 0 Å². The van der Waals surface area contributed by atoms with Crippen LogP contribution in [0.2, 0.25) is 0 Å². The maximum Gasteiger partial charge on any atom is 0.0262 e. The molecule has 0 heterocycles. The van der Waals surface area contributed by atoms with E-state index in [1.54, 1.807) is 0 Å². The molecule has 0 aromatic heterocycles. The van der Waals surface area contributed by atoms with E-state index in [-0.39, 0.29) is 11.0 Å². The van der Waals surface area contributed by atoms with Crippen LogP contribution in [-0.4, -0.2) is 46.9 Å². The van der Waals surface area contributed by atoms with Crippen LogP contribution < -0.4 is 0 Å². The van der Waals surface area contributed by atoms with Gasteiger partial charge in [-0.3, -0.25) is 0 Å². The Hall–Kier alpha value is -0.443. The summed E-state index contributed by atoms with van der Waals surface area (Å²) in [6.07, 6.45) is 12.8. The van der Waals surface area contributed by atoms with E-state index in [0.717, 1.165) is 0 Å². The molecule has 0 aliphatic heterocycles. The van der Waals surface area contributed by atoms with Crippen LogP contribution in [0.5, 0.6) is 0 Å². The number of unbranched alkanes of at least 4 members (excludes halogenated alkanes) is 4. The molecule has 0 bridgehead atoms. The Balaban J connectivity index is 0. The second kappa shape index (κ2) is 16.9. The molecule has 0 amide bonds. The second-order valence-corrected chi connectivity index (χ2v) is 6.21. The van der Waals surface area contributed by atoms with Crippen LogP contribution in [0.15, 0.2) is 11.9 Å². The lowest BCUT2D eigenvalue weighted by Gasteiger charge is -2.28. The van der Waals surface area contributed by atoms with E-state index in [2.05, 4.69) is 50.6 Å². The first-order chi connectivity index (χ1) is 10.2. The van der Waals surface area contributed by atoms with Crippen molar-refractivity contribution < 1.29 is 0 Å². The van der Waals surface area contributed by atoms with Crippen molar-refractivity contribution in [3.8, 4) is 0 Å². The standard InChI is InChI=1S/C19H40N2.H4Si/c1-6-10-14-20(15-11-7-2)18-19(5)21(16-12-8-3)17-13-9-4;/h18H,6-17H2,1-5H3;1H4. The van der Waals surface area contributed by atoms with Gasteiger partial charge in [-0.15, -0.1) is 0 Å². The summed E-state index contributed by atoms with van der Waals surface area (Å²) < 4.78 is 0. The minimum absolute atomic E-state index is 0. The van der Waals surface area contributed by atoms with Gasteiger partial charge in [0, 0.05) is 38.1 Å².